The van der Waals surface area contributed by atoms with Crippen LogP contribution in [0.25, 0.3) is 11.1 Å². The minimum atomic E-state index is -0.963. The van der Waals surface area contributed by atoms with Gasteiger partial charge in [-0.25, -0.2) is 14.0 Å². The van der Waals surface area contributed by atoms with Gasteiger partial charge >= 0.3 is 12.1 Å². The van der Waals surface area contributed by atoms with E-state index < -0.39 is 17.9 Å². The quantitative estimate of drug-likeness (QED) is 0.547. The average molecular weight is 450 g/mol. The minimum absolute atomic E-state index is 0.263. The summed E-state index contributed by atoms with van der Waals surface area (Å²) < 4.78 is 24.3. The number of carboxylic acid groups (broad SMARTS) is 1. The lowest BCUT2D eigenvalue weighted by Gasteiger charge is -2.27. The Labute approximate surface area is 185 Å². The lowest BCUT2D eigenvalue weighted by molar-refractivity contribution is -0.142. The summed E-state index contributed by atoms with van der Waals surface area (Å²) in [6, 6.07) is 11.3. The van der Waals surface area contributed by atoms with Gasteiger partial charge in [0, 0.05) is 10.6 Å². The number of carbonyl (C=O) groups excluding carboxylic acids is 1. The highest BCUT2D eigenvalue weighted by molar-refractivity contribution is 6.30. The molecule has 2 aromatic rings. The first-order valence-corrected chi connectivity index (χ1v) is 10.6. The van der Waals surface area contributed by atoms with E-state index in [-0.39, 0.29) is 17.5 Å². The van der Waals surface area contributed by atoms with Crippen molar-refractivity contribution in [3.63, 3.8) is 0 Å². The van der Waals surface area contributed by atoms with Gasteiger partial charge in [-0.15, -0.1) is 0 Å². The molecule has 0 atom stereocenters. The zero-order valence-corrected chi connectivity index (χ0v) is 17.7. The third-order valence-corrected chi connectivity index (χ3v) is 5.55. The van der Waals surface area contributed by atoms with Crippen molar-refractivity contribution in [3.8, 4) is 11.1 Å². The predicted molar refractivity (Wildman–Crippen MR) is 116 cm³/mol. The van der Waals surface area contributed by atoms with E-state index in [2.05, 4.69) is 5.32 Å². The molecule has 0 heterocycles. The van der Waals surface area contributed by atoms with Crippen molar-refractivity contribution in [2.75, 3.05) is 25.1 Å². The number of para-hydroxylation sites is 1. The van der Waals surface area contributed by atoms with E-state index in [0.717, 1.165) is 25.7 Å². The molecule has 166 valence electrons. The third-order valence-electron chi connectivity index (χ3n) is 5.33. The zero-order valence-electron chi connectivity index (χ0n) is 17.0. The van der Waals surface area contributed by atoms with Crippen LogP contribution in [0.2, 0.25) is 5.02 Å². The normalized spacial score (nSPS) is 18.4. The fraction of sp³-hybridized carbons (Fsp3) is 0.391. The Hall–Kier alpha value is -2.64. The van der Waals surface area contributed by atoms with Crippen molar-refractivity contribution in [2.24, 2.45) is 11.8 Å². The van der Waals surface area contributed by atoms with E-state index in [1.807, 2.05) is 0 Å². The second-order valence-electron chi connectivity index (χ2n) is 7.72. The topological polar surface area (TPSA) is 84.9 Å². The number of nitrogens with one attached hydrogen (secondary N) is 1. The molecule has 0 bridgehead atoms. The number of carboxylic acids is 1. The van der Waals surface area contributed by atoms with Crippen molar-refractivity contribution in [1.29, 1.82) is 0 Å². The van der Waals surface area contributed by atoms with E-state index in [1.165, 1.54) is 12.1 Å². The highest BCUT2D eigenvalue weighted by Crippen LogP contribution is 2.31. The number of hydrogen-bond acceptors (Lipinski definition) is 4. The molecular weight excluding hydrogens is 425 g/mol. The molecule has 1 aliphatic carbocycles. The molecule has 2 N–H and O–H groups in total. The van der Waals surface area contributed by atoms with E-state index in [1.54, 1.807) is 30.3 Å². The largest absolute Gasteiger partial charge is 0.480 e. The fourth-order valence-electron chi connectivity index (χ4n) is 3.77. The first-order chi connectivity index (χ1) is 14.9. The standard InChI is InChI=1S/C23H25ClFNO5/c24-18-9-17(10-19(25)11-18)20-3-1-2-4-21(20)26-23(29)31-13-16-7-5-15(6-8-16)12-30-14-22(27)28/h1-4,9-11,15-16H,5-8,12-14H2,(H,26,29)(H,27,28). The highest BCUT2D eigenvalue weighted by Gasteiger charge is 2.23. The molecule has 0 spiro atoms. The number of rotatable bonds is 8. The van der Waals surface area contributed by atoms with Crippen LogP contribution in [-0.2, 0) is 14.3 Å². The molecule has 1 saturated carbocycles. The van der Waals surface area contributed by atoms with Crippen LogP contribution in [0.15, 0.2) is 42.5 Å². The maximum atomic E-state index is 13.7. The van der Waals surface area contributed by atoms with E-state index >= 15 is 0 Å². The van der Waals surface area contributed by atoms with Gasteiger partial charge < -0.3 is 14.6 Å². The van der Waals surface area contributed by atoms with Gasteiger partial charge in [0.2, 0.25) is 0 Å². The molecule has 1 fully saturated rings. The van der Waals surface area contributed by atoms with Crippen LogP contribution in [0.1, 0.15) is 25.7 Å². The maximum absolute atomic E-state index is 13.7. The number of ether oxygens (including phenoxy) is 2. The Kier molecular flexibility index (Phi) is 8.26. The summed E-state index contributed by atoms with van der Waals surface area (Å²) >= 11 is 5.96. The van der Waals surface area contributed by atoms with Crippen LogP contribution in [0, 0.1) is 17.7 Å². The van der Waals surface area contributed by atoms with Gasteiger partial charge in [-0.05, 0) is 67.3 Å². The lowest BCUT2D eigenvalue weighted by Crippen LogP contribution is -2.25. The second-order valence-corrected chi connectivity index (χ2v) is 8.16. The minimum Gasteiger partial charge on any atom is -0.480 e. The van der Waals surface area contributed by atoms with Gasteiger partial charge in [-0.2, -0.15) is 0 Å². The Morgan fingerprint density at radius 3 is 2.42 bits per heavy atom. The number of aliphatic carboxylic acids is 1. The number of anilines is 1. The number of halogens is 2. The smallest absolute Gasteiger partial charge is 0.411 e. The van der Waals surface area contributed by atoms with Crippen LogP contribution < -0.4 is 5.32 Å². The van der Waals surface area contributed by atoms with Crippen LogP contribution in [0.3, 0.4) is 0 Å². The molecule has 6 nitrogen and oxygen atoms in total. The van der Waals surface area contributed by atoms with Crippen molar-refractivity contribution < 1.29 is 28.6 Å². The Morgan fingerprint density at radius 2 is 1.74 bits per heavy atom. The monoisotopic (exact) mass is 449 g/mol. The van der Waals surface area contributed by atoms with Gasteiger partial charge in [0.1, 0.15) is 12.4 Å². The molecule has 8 heteroatoms. The summed E-state index contributed by atoms with van der Waals surface area (Å²) in [6.45, 7) is 0.482. The SMILES string of the molecule is O=C(O)COCC1CCC(COC(=O)Nc2ccccc2-c2cc(F)cc(Cl)c2)CC1. The van der Waals surface area contributed by atoms with E-state index in [0.29, 0.717) is 35.9 Å². The lowest BCUT2D eigenvalue weighted by atomic mass is 9.83. The van der Waals surface area contributed by atoms with Gasteiger partial charge in [-0.1, -0.05) is 29.8 Å². The summed E-state index contributed by atoms with van der Waals surface area (Å²) in [7, 11) is 0. The molecule has 0 aromatic heterocycles. The van der Waals surface area contributed by atoms with Gasteiger partial charge in [0.25, 0.3) is 0 Å². The Balaban J connectivity index is 1.48. The molecule has 1 aliphatic rings. The number of hydrogen-bond donors (Lipinski definition) is 2. The molecule has 31 heavy (non-hydrogen) atoms. The molecule has 0 aliphatic heterocycles. The van der Waals surface area contributed by atoms with Crippen molar-refractivity contribution in [2.45, 2.75) is 25.7 Å². The number of benzene rings is 2. The third kappa shape index (κ3) is 7.22. The van der Waals surface area contributed by atoms with E-state index in [4.69, 9.17) is 26.2 Å². The molecule has 0 unspecified atom stereocenters. The van der Waals surface area contributed by atoms with Gasteiger partial charge in [-0.3, -0.25) is 5.32 Å². The summed E-state index contributed by atoms with van der Waals surface area (Å²) in [5.41, 5.74) is 1.71. The first kappa shape index (κ1) is 23.0. The van der Waals surface area contributed by atoms with Crippen molar-refractivity contribution in [1.82, 2.24) is 0 Å². The van der Waals surface area contributed by atoms with Crippen molar-refractivity contribution >= 4 is 29.4 Å². The summed E-state index contributed by atoms with van der Waals surface area (Å²) in [5, 5.41) is 11.6. The van der Waals surface area contributed by atoms with Gasteiger partial charge in [0.05, 0.1) is 18.9 Å². The molecule has 0 radical (unpaired) electrons. The van der Waals surface area contributed by atoms with Gasteiger partial charge in [0.15, 0.2) is 0 Å². The maximum Gasteiger partial charge on any atom is 0.411 e. The number of amides is 1. The zero-order chi connectivity index (χ0) is 22.2. The summed E-state index contributed by atoms with van der Waals surface area (Å²) in [5.74, 6) is -0.813. The Bertz CT molecular complexity index is 894. The Morgan fingerprint density at radius 1 is 1.06 bits per heavy atom. The average Bonchev–Trinajstić information content (AvgIpc) is 2.72. The molecule has 1 amide bonds. The second kappa shape index (κ2) is 11.1. The molecule has 0 saturated heterocycles. The first-order valence-electron chi connectivity index (χ1n) is 10.2. The molecule has 3 rings (SSSR count). The predicted octanol–water partition coefficient (Wildman–Crippen LogP) is 5.60. The van der Waals surface area contributed by atoms with E-state index in [9.17, 15) is 14.0 Å². The van der Waals surface area contributed by atoms with Crippen LogP contribution in [0.4, 0.5) is 14.9 Å². The molecule has 2 aromatic carbocycles. The highest BCUT2D eigenvalue weighted by atomic mass is 35.5. The van der Waals surface area contributed by atoms with Crippen LogP contribution in [0.5, 0.6) is 0 Å². The van der Waals surface area contributed by atoms with Crippen LogP contribution in [-0.4, -0.2) is 37.0 Å². The van der Waals surface area contributed by atoms with Crippen LogP contribution >= 0.6 is 11.6 Å². The summed E-state index contributed by atoms with van der Waals surface area (Å²) in [4.78, 5) is 22.8. The number of carbonyl (C=O) groups is 2. The molecular formula is C23H25ClFNO5. The summed E-state index contributed by atoms with van der Waals surface area (Å²) in [6.07, 6.45) is 3.05. The van der Waals surface area contributed by atoms with Crippen molar-refractivity contribution in [3.05, 3.63) is 53.3 Å². The fourth-order valence-corrected chi connectivity index (χ4v) is 3.99.